The number of rotatable bonds is 4. The van der Waals surface area contributed by atoms with Crippen LogP contribution in [-0.2, 0) is 6.42 Å². The molecule has 19 heavy (non-hydrogen) atoms. The van der Waals surface area contributed by atoms with E-state index in [4.69, 9.17) is 15.2 Å². The highest BCUT2D eigenvalue weighted by atomic mass is 16.7. The zero-order valence-corrected chi connectivity index (χ0v) is 10.6. The van der Waals surface area contributed by atoms with Crippen LogP contribution >= 0.6 is 0 Å². The van der Waals surface area contributed by atoms with Gasteiger partial charge in [-0.05, 0) is 42.2 Å². The number of pyridine rings is 1. The van der Waals surface area contributed by atoms with Crippen LogP contribution in [-0.4, -0.2) is 11.8 Å². The summed E-state index contributed by atoms with van der Waals surface area (Å²) < 4.78 is 10.7. The van der Waals surface area contributed by atoms with E-state index in [1.165, 1.54) is 5.56 Å². The van der Waals surface area contributed by atoms with E-state index in [1.54, 1.807) is 6.20 Å². The highest BCUT2D eigenvalue weighted by Gasteiger charge is 2.13. The third-order valence-corrected chi connectivity index (χ3v) is 3.29. The largest absolute Gasteiger partial charge is 0.454 e. The molecule has 98 valence electrons. The van der Waals surface area contributed by atoms with Crippen molar-refractivity contribution >= 4 is 0 Å². The van der Waals surface area contributed by atoms with Crippen molar-refractivity contribution in [3.05, 3.63) is 53.9 Å². The van der Waals surface area contributed by atoms with Crippen molar-refractivity contribution < 1.29 is 9.47 Å². The maximum absolute atomic E-state index is 6.16. The number of benzene rings is 1. The Morgan fingerprint density at radius 3 is 2.95 bits per heavy atom. The minimum atomic E-state index is 0.0131. The molecule has 1 atom stereocenters. The Morgan fingerprint density at radius 1 is 1.21 bits per heavy atom. The van der Waals surface area contributed by atoms with Gasteiger partial charge in [-0.25, -0.2) is 0 Å². The topological polar surface area (TPSA) is 57.4 Å². The Kier molecular flexibility index (Phi) is 3.33. The van der Waals surface area contributed by atoms with E-state index in [9.17, 15) is 0 Å². The second-order valence-corrected chi connectivity index (χ2v) is 4.62. The molecule has 0 radical (unpaired) electrons. The molecular formula is C15H16N2O2. The molecule has 2 aromatic rings. The van der Waals surface area contributed by atoms with Gasteiger partial charge in [-0.1, -0.05) is 12.1 Å². The van der Waals surface area contributed by atoms with E-state index in [2.05, 4.69) is 11.1 Å². The molecule has 1 aromatic carbocycles. The lowest BCUT2D eigenvalue weighted by atomic mass is 10.0. The van der Waals surface area contributed by atoms with Crippen LogP contribution in [0.1, 0.15) is 23.6 Å². The van der Waals surface area contributed by atoms with E-state index in [0.717, 1.165) is 29.9 Å². The molecule has 0 spiro atoms. The van der Waals surface area contributed by atoms with E-state index in [-0.39, 0.29) is 6.04 Å². The maximum atomic E-state index is 6.16. The minimum absolute atomic E-state index is 0.0131. The zero-order chi connectivity index (χ0) is 13.1. The van der Waals surface area contributed by atoms with Gasteiger partial charge in [-0.2, -0.15) is 0 Å². The molecule has 0 amide bonds. The fourth-order valence-electron chi connectivity index (χ4n) is 2.18. The van der Waals surface area contributed by atoms with Gasteiger partial charge in [-0.3, -0.25) is 4.98 Å². The number of hydrogen-bond donors (Lipinski definition) is 1. The molecule has 0 aliphatic carbocycles. The zero-order valence-electron chi connectivity index (χ0n) is 10.6. The molecule has 0 bridgehead atoms. The van der Waals surface area contributed by atoms with E-state index in [0.29, 0.717) is 6.79 Å². The quantitative estimate of drug-likeness (QED) is 0.912. The highest BCUT2D eigenvalue weighted by molar-refractivity contribution is 5.44. The molecule has 3 rings (SSSR count). The lowest BCUT2D eigenvalue weighted by Crippen LogP contribution is -2.11. The standard InChI is InChI=1S/C15H16N2O2/c16-13(12-2-1-7-17-9-12)5-3-11-4-6-14-15(8-11)19-10-18-14/h1-2,4,6-9,13H,3,5,10,16H2. The summed E-state index contributed by atoms with van der Waals surface area (Å²) in [5, 5.41) is 0. The van der Waals surface area contributed by atoms with E-state index < -0.39 is 0 Å². The normalized spacial score (nSPS) is 14.4. The molecule has 4 nitrogen and oxygen atoms in total. The molecule has 0 fully saturated rings. The number of aromatic nitrogens is 1. The van der Waals surface area contributed by atoms with Gasteiger partial charge in [0.15, 0.2) is 11.5 Å². The molecule has 2 heterocycles. The Bertz CT molecular complexity index is 557. The summed E-state index contributed by atoms with van der Waals surface area (Å²) in [6, 6.07) is 9.97. The molecule has 2 N–H and O–H groups in total. The second-order valence-electron chi connectivity index (χ2n) is 4.62. The molecule has 1 aliphatic rings. The van der Waals surface area contributed by atoms with Crippen LogP contribution in [0.25, 0.3) is 0 Å². The first-order chi connectivity index (χ1) is 9.33. The second kappa shape index (κ2) is 5.28. The summed E-state index contributed by atoms with van der Waals surface area (Å²) in [5.74, 6) is 1.65. The minimum Gasteiger partial charge on any atom is -0.454 e. The summed E-state index contributed by atoms with van der Waals surface area (Å²) >= 11 is 0. The van der Waals surface area contributed by atoms with Crippen LogP contribution in [0.15, 0.2) is 42.7 Å². The lowest BCUT2D eigenvalue weighted by Gasteiger charge is -2.11. The average Bonchev–Trinajstić information content (AvgIpc) is 2.93. The number of nitrogens with zero attached hydrogens (tertiary/aromatic N) is 1. The van der Waals surface area contributed by atoms with Gasteiger partial charge >= 0.3 is 0 Å². The van der Waals surface area contributed by atoms with Crippen molar-refractivity contribution in [1.29, 1.82) is 0 Å². The van der Waals surface area contributed by atoms with E-state index in [1.807, 2.05) is 30.5 Å². The van der Waals surface area contributed by atoms with Crippen LogP contribution in [0.2, 0.25) is 0 Å². The number of nitrogens with two attached hydrogens (primary N) is 1. The summed E-state index contributed by atoms with van der Waals surface area (Å²) in [5.41, 5.74) is 8.44. The van der Waals surface area contributed by atoms with Gasteiger partial charge in [0.1, 0.15) is 0 Å². The Balaban J connectivity index is 1.63. The van der Waals surface area contributed by atoms with Gasteiger partial charge in [-0.15, -0.1) is 0 Å². The smallest absolute Gasteiger partial charge is 0.231 e. The average molecular weight is 256 g/mol. The van der Waals surface area contributed by atoms with Crippen molar-refractivity contribution in [2.45, 2.75) is 18.9 Å². The number of hydrogen-bond acceptors (Lipinski definition) is 4. The van der Waals surface area contributed by atoms with Crippen molar-refractivity contribution in [1.82, 2.24) is 4.98 Å². The van der Waals surface area contributed by atoms with Gasteiger partial charge in [0, 0.05) is 18.4 Å². The van der Waals surface area contributed by atoms with Gasteiger partial charge in [0.2, 0.25) is 6.79 Å². The molecular weight excluding hydrogens is 240 g/mol. The fourth-order valence-corrected chi connectivity index (χ4v) is 2.18. The first-order valence-corrected chi connectivity index (χ1v) is 6.37. The highest BCUT2D eigenvalue weighted by Crippen LogP contribution is 2.33. The van der Waals surface area contributed by atoms with Crippen LogP contribution < -0.4 is 15.2 Å². The first-order valence-electron chi connectivity index (χ1n) is 6.37. The Labute approximate surface area is 112 Å². The summed E-state index contributed by atoms with van der Waals surface area (Å²) in [6.07, 6.45) is 5.37. The lowest BCUT2D eigenvalue weighted by molar-refractivity contribution is 0.174. The van der Waals surface area contributed by atoms with E-state index >= 15 is 0 Å². The van der Waals surface area contributed by atoms with Crippen LogP contribution in [0.3, 0.4) is 0 Å². The SMILES string of the molecule is NC(CCc1ccc2c(c1)OCO2)c1cccnc1. The third-order valence-electron chi connectivity index (χ3n) is 3.29. The number of fused-ring (bicyclic) bond motifs is 1. The summed E-state index contributed by atoms with van der Waals surface area (Å²) in [4.78, 5) is 4.09. The predicted octanol–water partition coefficient (Wildman–Crippen LogP) is 2.44. The predicted molar refractivity (Wildman–Crippen MR) is 72.1 cm³/mol. The summed E-state index contributed by atoms with van der Waals surface area (Å²) in [6.45, 7) is 0.313. The summed E-state index contributed by atoms with van der Waals surface area (Å²) in [7, 11) is 0. The van der Waals surface area contributed by atoms with Gasteiger partial charge in [0.05, 0.1) is 0 Å². The van der Waals surface area contributed by atoms with Crippen molar-refractivity contribution in [3.63, 3.8) is 0 Å². The van der Waals surface area contributed by atoms with Crippen LogP contribution in [0.4, 0.5) is 0 Å². The molecule has 0 saturated carbocycles. The molecule has 0 saturated heterocycles. The molecule has 1 aliphatic heterocycles. The van der Waals surface area contributed by atoms with Crippen molar-refractivity contribution in [2.75, 3.05) is 6.79 Å². The van der Waals surface area contributed by atoms with Crippen LogP contribution in [0, 0.1) is 0 Å². The van der Waals surface area contributed by atoms with Gasteiger partial charge in [0.25, 0.3) is 0 Å². The molecule has 1 unspecified atom stereocenters. The third kappa shape index (κ3) is 2.69. The monoisotopic (exact) mass is 256 g/mol. The Morgan fingerprint density at radius 2 is 2.11 bits per heavy atom. The van der Waals surface area contributed by atoms with Crippen molar-refractivity contribution in [3.8, 4) is 11.5 Å². The fraction of sp³-hybridized carbons (Fsp3) is 0.267. The first kappa shape index (κ1) is 12.0. The van der Waals surface area contributed by atoms with Crippen molar-refractivity contribution in [2.24, 2.45) is 5.73 Å². The molecule has 4 heteroatoms. The maximum Gasteiger partial charge on any atom is 0.231 e. The van der Waals surface area contributed by atoms with Crippen LogP contribution in [0.5, 0.6) is 11.5 Å². The number of aryl methyl sites for hydroxylation is 1. The Hall–Kier alpha value is -2.07. The van der Waals surface area contributed by atoms with Gasteiger partial charge < -0.3 is 15.2 Å². The molecule has 1 aromatic heterocycles. The number of ether oxygens (including phenoxy) is 2.